The van der Waals surface area contributed by atoms with Crippen LogP contribution in [-0.4, -0.2) is 18.9 Å². The molecule has 198 valence electrons. The fraction of sp³-hybridized carbons (Fsp3) is 0.235. The molecule has 0 radical (unpaired) electrons. The lowest BCUT2D eigenvalue weighted by molar-refractivity contribution is -0.121. The Hall–Kier alpha value is -4.07. The molecule has 1 N–H and O–H groups in total. The molecule has 0 aliphatic carbocycles. The van der Waals surface area contributed by atoms with E-state index in [0.717, 1.165) is 40.8 Å². The van der Waals surface area contributed by atoms with Gasteiger partial charge in [-0.1, -0.05) is 110 Å². The van der Waals surface area contributed by atoms with E-state index in [4.69, 9.17) is 16.3 Å². The van der Waals surface area contributed by atoms with E-state index in [-0.39, 0.29) is 12.2 Å². The molecule has 0 saturated carbocycles. The van der Waals surface area contributed by atoms with Crippen LogP contribution in [0.4, 0.5) is 0 Å². The minimum absolute atomic E-state index is 0.0752. The lowest BCUT2D eigenvalue weighted by atomic mass is 9.65. The molecule has 0 fully saturated rings. The molecule has 0 aliphatic heterocycles. The first-order valence-corrected chi connectivity index (χ1v) is 13.6. The van der Waals surface area contributed by atoms with Gasteiger partial charge in [-0.2, -0.15) is 5.26 Å². The molecule has 4 aromatic rings. The van der Waals surface area contributed by atoms with Crippen molar-refractivity contribution in [2.75, 3.05) is 7.11 Å². The van der Waals surface area contributed by atoms with E-state index in [2.05, 4.69) is 36.5 Å². The molecule has 0 bridgehead atoms. The minimum Gasteiger partial charge on any atom is -0.497 e. The molecule has 4 nitrogen and oxygen atoms in total. The third kappa shape index (κ3) is 6.33. The first-order valence-electron chi connectivity index (χ1n) is 13.2. The number of benzene rings is 4. The third-order valence-electron chi connectivity index (χ3n) is 7.25. The normalized spacial score (nSPS) is 13.1. The summed E-state index contributed by atoms with van der Waals surface area (Å²) in [6.45, 7) is 2.16. The number of Topliss-reactive ketones (excluding diaryl/α,β-unsaturated/α-hetero) is 1. The second-order valence-corrected chi connectivity index (χ2v) is 10.1. The molecule has 0 aromatic heterocycles. The smallest absolute Gasteiger partial charge is 0.177 e. The largest absolute Gasteiger partial charge is 0.497 e. The molecule has 1 unspecified atom stereocenters. The SMILES string of the molecule is CCCc1ccc(C(CC(=O)[C@H](Cc2ccc(OC)cc2)NC#N)(c2ccccc2)c2ccccc2Cl)cc1. The maximum atomic E-state index is 14.2. The van der Waals surface area contributed by atoms with E-state index in [1.165, 1.54) is 5.56 Å². The van der Waals surface area contributed by atoms with Crippen molar-refractivity contribution in [3.8, 4) is 11.9 Å². The Bertz CT molecular complexity index is 1410. The molecule has 5 heteroatoms. The third-order valence-corrected chi connectivity index (χ3v) is 7.58. The van der Waals surface area contributed by atoms with Gasteiger partial charge in [-0.15, -0.1) is 0 Å². The van der Waals surface area contributed by atoms with E-state index in [9.17, 15) is 10.1 Å². The molecule has 0 saturated heterocycles. The Balaban J connectivity index is 1.84. The van der Waals surface area contributed by atoms with Crippen molar-refractivity contribution in [2.24, 2.45) is 0 Å². The summed E-state index contributed by atoms with van der Waals surface area (Å²) < 4.78 is 5.27. The first kappa shape index (κ1) is 28.0. The van der Waals surface area contributed by atoms with Crippen molar-refractivity contribution in [1.29, 1.82) is 5.26 Å². The Morgan fingerprint density at radius 1 is 0.897 bits per heavy atom. The van der Waals surface area contributed by atoms with E-state index in [0.29, 0.717) is 11.4 Å². The number of nitrogens with zero attached hydrogens (tertiary/aromatic N) is 1. The number of methoxy groups -OCH3 is 1. The predicted molar refractivity (Wildman–Crippen MR) is 157 cm³/mol. The topological polar surface area (TPSA) is 62.1 Å². The monoisotopic (exact) mass is 536 g/mol. The van der Waals surface area contributed by atoms with Gasteiger partial charge in [0.2, 0.25) is 0 Å². The van der Waals surface area contributed by atoms with Gasteiger partial charge >= 0.3 is 0 Å². The maximum Gasteiger partial charge on any atom is 0.177 e. The van der Waals surface area contributed by atoms with Crippen molar-refractivity contribution in [1.82, 2.24) is 5.32 Å². The van der Waals surface area contributed by atoms with Crippen LogP contribution in [0.15, 0.2) is 103 Å². The molecule has 4 rings (SSSR count). The number of carbonyl (C=O) groups is 1. The summed E-state index contributed by atoms with van der Waals surface area (Å²) in [5.74, 6) is 0.664. The zero-order valence-corrected chi connectivity index (χ0v) is 23.1. The molecule has 39 heavy (non-hydrogen) atoms. The Kier molecular flexibility index (Phi) is 9.41. The summed E-state index contributed by atoms with van der Waals surface area (Å²) in [7, 11) is 1.62. The summed E-state index contributed by atoms with van der Waals surface area (Å²) in [5.41, 5.74) is 4.14. The Labute approximate surface area is 236 Å². The number of hydrogen-bond acceptors (Lipinski definition) is 4. The molecule has 0 spiro atoms. The van der Waals surface area contributed by atoms with Crippen LogP contribution in [0.1, 0.15) is 47.6 Å². The van der Waals surface area contributed by atoms with Gasteiger partial charge < -0.3 is 10.1 Å². The molecule has 0 aliphatic rings. The minimum atomic E-state index is -0.850. The van der Waals surface area contributed by atoms with Gasteiger partial charge in [0.05, 0.1) is 18.6 Å². The molecule has 0 heterocycles. The summed E-state index contributed by atoms with van der Waals surface area (Å²) in [6.07, 6.45) is 4.55. The van der Waals surface area contributed by atoms with Crippen molar-refractivity contribution in [3.05, 3.63) is 136 Å². The summed E-state index contributed by atoms with van der Waals surface area (Å²) in [6, 6.07) is 33.1. The summed E-state index contributed by atoms with van der Waals surface area (Å²) in [4.78, 5) is 14.2. The summed E-state index contributed by atoms with van der Waals surface area (Å²) in [5, 5.41) is 12.9. The van der Waals surface area contributed by atoms with Crippen LogP contribution < -0.4 is 10.1 Å². The van der Waals surface area contributed by atoms with Crippen molar-refractivity contribution >= 4 is 17.4 Å². The Morgan fingerprint density at radius 2 is 1.51 bits per heavy atom. The van der Waals surface area contributed by atoms with Gasteiger partial charge in [0.15, 0.2) is 12.0 Å². The van der Waals surface area contributed by atoms with E-state index in [1.807, 2.05) is 85.1 Å². The van der Waals surface area contributed by atoms with Crippen LogP contribution in [0.25, 0.3) is 0 Å². The van der Waals surface area contributed by atoms with E-state index < -0.39 is 11.5 Å². The van der Waals surface area contributed by atoms with Crippen LogP contribution >= 0.6 is 11.6 Å². The number of rotatable bonds is 12. The fourth-order valence-electron chi connectivity index (χ4n) is 5.26. The first-order chi connectivity index (χ1) is 19.0. The average molecular weight is 537 g/mol. The molecular weight excluding hydrogens is 504 g/mol. The van der Waals surface area contributed by atoms with Crippen molar-refractivity contribution in [2.45, 2.75) is 44.1 Å². The fourth-order valence-corrected chi connectivity index (χ4v) is 5.55. The lowest BCUT2D eigenvalue weighted by Crippen LogP contribution is -2.41. The predicted octanol–water partition coefficient (Wildman–Crippen LogP) is 7.28. The van der Waals surface area contributed by atoms with Gasteiger partial charge in [-0.3, -0.25) is 4.79 Å². The van der Waals surface area contributed by atoms with E-state index in [1.54, 1.807) is 7.11 Å². The van der Waals surface area contributed by atoms with Gasteiger partial charge in [0, 0.05) is 17.9 Å². The molecule has 4 aromatic carbocycles. The molecule has 0 amide bonds. The van der Waals surface area contributed by atoms with Gasteiger partial charge in [0.1, 0.15) is 5.75 Å². The van der Waals surface area contributed by atoms with Crippen LogP contribution in [0.2, 0.25) is 5.02 Å². The quantitative estimate of drug-likeness (QED) is 0.117. The number of ketones is 1. The number of aryl methyl sites for hydroxylation is 1. The van der Waals surface area contributed by atoms with Crippen LogP contribution in [-0.2, 0) is 23.1 Å². The Morgan fingerprint density at radius 3 is 2.13 bits per heavy atom. The highest BCUT2D eigenvalue weighted by atomic mass is 35.5. The number of carbonyl (C=O) groups excluding carboxylic acids is 1. The summed E-state index contributed by atoms with van der Waals surface area (Å²) >= 11 is 6.88. The number of halogens is 1. The number of ether oxygens (including phenoxy) is 1. The molecular formula is C34H33ClN2O2. The van der Waals surface area contributed by atoms with Crippen LogP contribution in [0.5, 0.6) is 5.75 Å². The standard InChI is InChI=1S/C34H33ClN2O2/c1-3-9-25-14-18-28(19-15-25)34(27-10-5-4-6-11-27,30-12-7-8-13-31(30)35)23-33(38)32(37-24-36)22-26-16-20-29(39-2)21-17-26/h4-8,10-21,32,37H,3,9,22-23H2,1-2H3/t32-,34?/m0/s1. The van der Waals surface area contributed by atoms with Gasteiger partial charge in [-0.05, 0) is 52.4 Å². The highest BCUT2D eigenvalue weighted by Crippen LogP contribution is 2.45. The van der Waals surface area contributed by atoms with E-state index >= 15 is 0 Å². The zero-order chi connectivity index (χ0) is 27.7. The average Bonchev–Trinajstić information content (AvgIpc) is 2.97. The number of hydrogen-bond donors (Lipinski definition) is 1. The van der Waals surface area contributed by atoms with Crippen molar-refractivity contribution < 1.29 is 9.53 Å². The zero-order valence-electron chi connectivity index (χ0n) is 22.4. The lowest BCUT2D eigenvalue weighted by Gasteiger charge is -2.37. The highest BCUT2D eigenvalue weighted by molar-refractivity contribution is 6.31. The molecule has 2 atom stereocenters. The second kappa shape index (κ2) is 13.1. The van der Waals surface area contributed by atoms with Crippen molar-refractivity contribution in [3.63, 3.8) is 0 Å². The number of nitrogens with one attached hydrogen (secondary N) is 1. The second-order valence-electron chi connectivity index (χ2n) is 9.70. The van der Waals surface area contributed by atoms with Crippen LogP contribution in [0, 0.1) is 11.5 Å². The number of nitriles is 1. The highest BCUT2D eigenvalue weighted by Gasteiger charge is 2.41. The van der Waals surface area contributed by atoms with Gasteiger partial charge in [0.25, 0.3) is 0 Å². The maximum absolute atomic E-state index is 14.2. The van der Waals surface area contributed by atoms with Crippen LogP contribution in [0.3, 0.4) is 0 Å². The van der Waals surface area contributed by atoms with Gasteiger partial charge in [-0.25, -0.2) is 0 Å².